The minimum absolute atomic E-state index is 0.202. The number of amides is 2. The normalized spacial score (nSPS) is 28.5. The molecule has 2 heterocycles. The number of aryl methyl sites for hydroxylation is 1. The number of nitrogens with zero attached hydrogens (tertiary/aromatic N) is 1. The van der Waals surface area contributed by atoms with E-state index in [4.69, 9.17) is 4.74 Å². The first kappa shape index (κ1) is 19.3. The van der Waals surface area contributed by atoms with Gasteiger partial charge in [0.05, 0.1) is 24.1 Å². The highest BCUT2D eigenvalue weighted by Gasteiger charge is 2.67. The molecule has 2 fully saturated rings. The fourth-order valence-electron chi connectivity index (χ4n) is 4.50. The summed E-state index contributed by atoms with van der Waals surface area (Å²) in [7, 11) is 0. The molecule has 0 radical (unpaired) electrons. The topological polar surface area (TPSA) is 75.7 Å². The van der Waals surface area contributed by atoms with Gasteiger partial charge in [-0.25, -0.2) is 4.90 Å². The summed E-state index contributed by atoms with van der Waals surface area (Å²) < 4.78 is 5.28. The van der Waals surface area contributed by atoms with E-state index < -0.39 is 29.4 Å². The summed E-state index contributed by atoms with van der Waals surface area (Å²) in [5, 5.41) is 3.28. The lowest BCUT2D eigenvalue weighted by Gasteiger charge is -2.29. The average molecular weight is 392 g/mol. The second-order valence-electron chi connectivity index (χ2n) is 7.81. The van der Waals surface area contributed by atoms with E-state index in [1.807, 2.05) is 37.3 Å². The number of anilines is 1. The standard InChI is InChI=1S/C23H24N2O4/c1-4-29-22(28)23(3)18-17(19(24-23)15-12-10-14(2)11-13-15)20(26)25(21(18)27)16-8-6-5-7-9-16/h5-13,17-19,24H,4H2,1-3H3/t17-,18+,19-,23-/m1/s1. The molecule has 0 aromatic heterocycles. The van der Waals surface area contributed by atoms with Crippen LogP contribution in [-0.4, -0.2) is 29.9 Å². The Labute approximate surface area is 169 Å². The molecular weight excluding hydrogens is 368 g/mol. The average Bonchev–Trinajstić information content (AvgIpc) is 3.17. The highest BCUT2D eigenvalue weighted by molar-refractivity contribution is 6.24. The molecule has 2 amide bonds. The van der Waals surface area contributed by atoms with E-state index in [1.165, 1.54) is 4.90 Å². The van der Waals surface area contributed by atoms with Crippen LogP contribution in [-0.2, 0) is 19.1 Å². The third-order valence-electron chi connectivity index (χ3n) is 5.94. The number of carbonyl (C=O) groups is 3. The maximum Gasteiger partial charge on any atom is 0.326 e. The first-order valence-corrected chi connectivity index (χ1v) is 9.83. The van der Waals surface area contributed by atoms with Crippen molar-refractivity contribution in [3.8, 4) is 0 Å². The van der Waals surface area contributed by atoms with Crippen molar-refractivity contribution in [3.63, 3.8) is 0 Å². The molecule has 6 nitrogen and oxygen atoms in total. The van der Waals surface area contributed by atoms with Crippen molar-refractivity contribution in [1.29, 1.82) is 0 Å². The van der Waals surface area contributed by atoms with Gasteiger partial charge in [-0.1, -0.05) is 48.0 Å². The molecule has 2 saturated heterocycles. The second kappa shape index (κ2) is 7.12. The van der Waals surface area contributed by atoms with Crippen molar-refractivity contribution < 1.29 is 19.1 Å². The Morgan fingerprint density at radius 2 is 1.72 bits per heavy atom. The predicted molar refractivity (Wildman–Crippen MR) is 108 cm³/mol. The van der Waals surface area contributed by atoms with Crippen molar-refractivity contribution in [3.05, 3.63) is 65.7 Å². The number of hydrogen-bond acceptors (Lipinski definition) is 5. The monoisotopic (exact) mass is 392 g/mol. The van der Waals surface area contributed by atoms with Gasteiger partial charge in [-0.2, -0.15) is 0 Å². The Morgan fingerprint density at radius 1 is 1.07 bits per heavy atom. The molecule has 2 aromatic carbocycles. The van der Waals surface area contributed by atoms with Crippen molar-refractivity contribution in [2.45, 2.75) is 32.4 Å². The van der Waals surface area contributed by atoms with Gasteiger partial charge in [0.25, 0.3) is 0 Å². The van der Waals surface area contributed by atoms with E-state index in [0.717, 1.165) is 11.1 Å². The third-order valence-corrected chi connectivity index (χ3v) is 5.94. The molecule has 1 N–H and O–H groups in total. The molecular formula is C23H24N2O4. The number of rotatable bonds is 4. The van der Waals surface area contributed by atoms with Crippen LogP contribution < -0.4 is 10.2 Å². The van der Waals surface area contributed by atoms with Gasteiger partial charge >= 0.3 is 5.97 Å². The Bertz CT molecular complexity index is 957. The van der Waals surface area contributed by atoms with Crippen LogP contribution in [0.1, 0.15) is 31.0 Å². The molecule has 0 spiro atoms. The first-order valence-electron chi connectivity index (χ1n) is 9.83. The van der Waals surface area contributed by atoms with Crippen molar-refractivity contribution in [1.82, 2.24) is 5.32 Å². The Kier molecular flexibility index (Phi) is 4.74. The van der Waals surface area contributed by atoms with E-state index in [0.29, 0.717) is 5.69 Å². The summed E-state index contributed by atoms with van der Waals surface area (Å²) in [6.07, 6.45) is 0. The van der Waals surface area contributed by atoms with Crippen molar-refractivity contribution in [2.75, 3.05) is 11.5 Å². The maximum absolute atomic E-state index is 13.4. The van der Waals surface area contributed by atoms with Gasteiger partial charge in [0, 0.05) is 6.04 Å². The summed E-state index contributed by atoms with van der Waals surface area (Å²) in [5.41, 5.74) is 1.20. The van der Waals surface area contributed by atoms with Crippen molar-refractivity contribution >= 4 is 23.5 Å². The maximum atomic E-state index is 13.4. The lowest BCUT2D eigenvalue weighted by atomic mass is 9.80. The molecule has 0 saturated carbocycles. The predicted octanol–water partition coefficient (Wildman–Crippen LogP) is 2.77. The quantitative estimate of drug-likeness (QED) is 0.640. The number of imide groups is 1. The van der Waals surface area contributed by atoms with Crippen LogP contribution in [0.2, 0.25) is 0 Å². The van der Waals surface area contributed by atoms with E-state index in [2.05, 4.69) is 5.32 Å². The smallest absolute Gasteiger partial charge is 0.326 e. The molecule has 2 aromatic rings. The zero-order valence-corrected chi connectivity index (χ0v) is 16.7. The van der Waals surface area contributed by atoms with Crippen LogP contribution in [0, 0.1) is 18.8 Å². The van der Waals surface area contributed by atoms with E-state index >= 15 is 0 Å². The molecule has 0 bridgehead atoms. The van der Waals surface area contributed by atoms with Gasteiger partial charge in [-0.05, 0) is 38.5 Å². The fourth-order valence-corrected chi connectivity index (χ4v) is 4.50. The minimum atomic E-state index is -1.29. The molecule has 2 aliphatic heterocycles. The Morgan fingerprint density at radius 3 is 2.34 bits per heavy atom. The van der Waals surface area contributed by atoms with Gasteiger partial charge in [0.15, 0.2) is 0 Å². The first-order chi connectivity index (χ1) is 13.9. The summed E-state index contributed by atoms with van der Waals surface area (Å²) in [5.74, 6) is -2.69. The molecule has 4 atom stereocenters. The number of nitrogens with one attached hydrogen (secondary N) is 1. The van der Waals surface area contributed by atoms with Crippen LogP contribution in [0.4, 0.5) is 5.69 Å². The van der Waals surface area contributed by atoms with Gasteiger partial charge in [-0.3, -0.25) is 19.7 Å². The number of esters is 1. The Hall–Kier alpha value is -2.99. The molecule has 2 aliphatic rings. The molecule has 29 heavy (non-hydrogen) atoms. The van der Waals surface area contributed by atoms with Gasteiger partial charge in [-0.15, -0.1) is 0 Å². The SMILES string of the molecule is CCOC(=O)[C@]1(C)N[C@H](c2ccc(C)cc2)[C@@H]2C(=O)N(c3ccccc3)C(=O)[C@H]21. The molecule has 0 aliphatic carbocycles. The zero-order valence-electron chi connectivity index (χ0n) is 16.7. The Balaban J connectivity index is 1.81. The third kappa shape index (κ3) is 2.95. The summed E-state index contributed by atoms with van der Waals surface area (Å²) in [6.45, 7) is 5.57. The number of para-hydroxylation sites is 1. The molecule has 0 unspecified atom stereocenters. The minimum Gasteiger partial charge on any atom is -0.465 e. The van der Waals surface area contributed by atoms with E-state index in [1.54, 1.807) is 38.1 Å². The molecule has 6 heteroatoms. The number of carbonyl (C=O) groups excluding carboxylic acids is 3. The van der Waals surface area contributed by atoms with Crippen molar-refractivity contribution in [2.24, 2.45) is 11.8 Å². The van der Waals surface area contributed by atoms with E-state index in [-0.39, 0.29) is 18.4 Å². The summed E-state index contributed by atoms with van der Waals surface area (Å²) in [6, 6.07) is 16.2. The largest absolute Gasteiger partial charge is 0.465 e. The second-order valence-corrected chi connectivity index (χ2v) is 7.81. The highest BCUT2D eigenvalue weighted by Crippen LogP contribution is 2.49. The molecule has 4 rings (SSSR count). The highest BCUT2D eigenvalue weighted by atomic mass is 16.5. The van der Waals surface area contributed by atoms with Crippen LogP contribution in [0.5, 0.6) is 0 Å². The van der Waals surface area contributed by atoms with Crippen LogP contribution in [0.3, 0.4) is 0 Å². The number of hydrogen-bond donors (Lipinski definition) is 1. The number of ether oxygens (including phenoxy) is 1. The van der Waals surface area contributed by atoms with Crippen LogP contribution in [0.25, 0.3) is 0 Å². The van der Waals surface area contributed by atoms with Gasteiger partial charge in [0.1, 0.15) is 5.54 Å². The van der Waals surface area contributed by atoms with Crippen LogP contribution in [0.15, 0.2) is 54.6 Å². The lowest BCUT2D eigenvalue weighted by molar-refractivity contribution is -0.153. The number of fused-ring (bicyclic) bond motifs is 1. The molecule has 150 valence electrons. The summed E-state index contributed by atoms with van der Waals surface area (Å²) >= 11 is 0. The number of benzene rings is 2. The van der Waals surface area contributed by atoms with Gasteiger partial charge < -0.3 is 4.74 Å². The van der Waals surface area contributed by atoms with Crippen LogP contribution >= 0.6 is 0 Å². The zero-order chi connectivity index (χ0) is 20.8. The summed E-state index contributed by atoms with van der Waals surface area (Å²) in [4.78, 5) is 40.9. The fraction of sp³-hybridized carbons (Fsp3) is 0.348. The lowest BCUT2D eigenvalue weighted by Crippen LogP contribution is -2.54. The van der Waals surface area contributed by atoms with Gasteiger partial charge in [0.2, 0.25) is 11.8 Å². The van der Waals surface area contributed by atoms with E-state index in [9.17, 15) is 14.4 Å².